The van der Waals surface area contributed by atoms with Crippen molar-refractivity contribution >= 4 is 52.4 Å². The van der Waals surface area contributed by atoms with Crippen LogP contribution < -0.4 is 18.2 Å². The Morgan fingerprint density at radius 2 is 1.65 bits per heavy atom. The lowest BCUT2D eigenvalue weighted by Crippen LogP contribution is -2.51. The molecule has 0 spiro atoms. The number of methoxy groups -OCH3 is 2. The fourth-order valence-electron chi connectivity index (χ4n) is 7.66. The minimum absolute atomic E-state index is 0.0108. The van der Waals surface area contributed by atoms with E-state index in [0.717, 1.165) is 22.9 Å². The SMILES string of the molecule is COc1ccc(CN2Cc3c(c(O[Si](C(C)C)(C(C)C)C(C)C)c4ncc(Cc5ccc(F)c(Cl)c5)cc4c3N(C)S(C)(=O)=O)C2=O)c(OC)c1. The van der Waals surface area contributed by atoms with Gasteiger partial charge >= 0.3 is 0 Å². The molecule has 0 aliphatic carbocycles. The number of hydrogen-bond donors (Lipinski definition) is 0. The first-order valence-corrected chi connectivity index (χ1v) is 21.4. The zero-order chi connectivity index (χ0) is 37.6. The summed E-state index contributed by atoms with van der Waals surface area (Å²) in [4.78, 5) is 21.4. The van der Waals surface area contributed by atoms with Crippen molar-refractivity contribution < 1.29 is 31.5 Å². The van der Waals surface area contributed by atoms with Gasteiger partial charge in [-0.1, -0.05) is 59.2 Å². The van der Waals surface area contributed by atoms with Gasteiger partial charge in [0.05, 0.1) is 36.7 Å². The third kappa shape index (κ3) is 7.14. The zero-order valence-corrected chi connectivity index (χ0v) is 33.5. The zero-order valence-electron chi connectivity index (χ0n) is 30.9. The van der Waals surface area contributed by atoms with Gasteiger partial charge in [0.25, 0.3) is 14.2 Å². The van der Waals surface area contributed by atoms with E-state index in [1.807, 2.05) is 18.2 Å². The number of carbonyl (C=O) groups is 1. The lowest BCUT2D eigenvalue weighted by Gasteiger charge is -2.42. The van der Waals surface area contributed by atoms with Gasteiger partial charge in [0.15, 0.2) is 0 Å². The predicted octanol–water partition coefficient (Wildman–Crippen LogP) is 8.74. The Balaban J connectivity index is 1.80. The summed E-state index contributed by atoms with van der Waals surface area (Å²) < 4.78 is 60.2. The van der Waals surface area contributed by atoms with Crippen LogP contribution in [0.5, 0.6) is 17.2 Å². The molecule has 13 heteroatoms. The number of benzene rings is 3. The second kappa shape index (κ2) is 14.6. The van der Waals surface area contributed by atoms with Gasteiger partial charge in [-0.25, -0.2) is 12.8 Å². The Kier molecular flexibility index (Phi) is 11.0. The number of anilines is 1. The number of halogens is 2. The fourth-order valence-corrected chi connectivity index (χ4v) is 13.7. The van der Waals surface area contributed by atoms with Crippen LogP contribution in [-0.2, 0) is 29.5 Å². The van der Waals surface area contributed by atoms with Crippen LogP contribution in [0.4, 0.5) is 10.1 Å². The number of sulfonamides is 1. The van der Waals surface area contributed by atoms with Crippen molar-refractivity contribution in [1.29, 1.82) is 0 Å². The average molecular weight is 756 g/mol. The van der Waals surface area contributed by atoms with Crippen LogP contribution in [0.25, 0.3) is 10.9 Å². The average Bonchev–Trinajstić information content (AvgIpc) is 3.38. The lowest BCUT2D eigenvalue weighted by molar-refractivity contribution is 0.0764. The molecule has 0 N–H and O–H groups in total. The number of amides is 1. The van der Waals surface area contributed by atoms with Crippen molar-refractivity contribution in [3.8, 4) is 17.2 Å². The van der Waals surface area contributed by atoms with Crippen LogP contribution in [0.1, 0.15) is 74.2 Å². The Morgan fingerprint density at radius 3 is 2.22 bits per heavy atom. The van der Waals surface area contributed by atoms with Crippen molar-refractivity contribution in [3.63, 3.8) is 0 Å². The number of nitrogens with zero attached hydrogens (tertiary/aromatic N) is 3. The topological polar surface area (TPSA) is 98.3 Å². The maximum atomic E-state index is 14.7. The number of aromatic nitrogens is 1. The van der Waals surface area contributed by atoms with E-state index < -0.39 is 24.2 Å². The summed E-state index contributed by atoms with van der Waals surface area (Å²) in [5, 5.41) is 0.551. The highest BCUT2D eigenvalue weighted by atomic mass is 35.5. The highest BCUT2D eigenvalue weighted by molar-refractivity contribution is 7.92. The molecule has 4 aromatic rings. The van der Waals surface area contributed by atoms with Crippen LogP contribution >= 0.6 is 11.6 Å². The monoisotopic (exact) mass is 755 g/mol. The van der Waals surface area contributed by atoms with Crippen LogP contribution in [0, 0.1) is 5.82 Å². The van der Waals surface area contributed by atoms with Crippen molar-refractivity contribution in [2.45, 2.75) is 77.7 Å². The standard InChI is InChI=1S/C38H47ClFN3O6SSi/c1-22(2)51(23(3)4,24(5)6)49-37-34-30(21-43(38(34)44)20-27-12-13-28(47-8)18-33(27)48-9)36(42(7)50(10,45)46)29-16-26(19-41-35(29)37)15-25-11-14-32(40)31(39)17-25/h11-14,16-19,22-24H,15,20-21H2,1-10H3. The molecule has 0 radical (unpaired) electrons. The summed E-state index contributed by atoms with van der Waals surface area (Å²) in [6.07, 6.45) is 3.20. The third-order valence-electron chi connectivity index (χ3n) is 10.1. The molecule has 0 bridgehead atoms. The highest BCUT2D eigenvalue weighted by Crippen LogP contribution is 2.50. The van der Waals surface area contributed by atoms with E-state index in [4.69, 9.17) is 30.5 Å². The van der Waals surface area contributed by atoms with Gasteiger partial charge in [0, 0.05) is 48.9 Å². The molecular weight excluding hydrogens is 709 g/mol. The first-order valence-electron chi connectivity index (χ1n) is 17.0. The minimum atomic E-state index is -3.80. The number of fused-ring (bicyclic) bond motifs is 2. The van der Waals surface area contributed by atoms with Crippen molar-refractivity contribution in [3.05, 3.63) is 87.3 Å². The van der Waals surface area contributed by atoms with Crippen molar-refractivity contribution in [2.24, 2.45) is 0 Å². The smallest absolute Gasteiger partial charge is 0.258 e. The Morgan fingerprint density at radius 1 is 0.980 bits per heavy atom. The van der Waals surface area contributed by atoms with Gasteiger partial charge in [0.1, 0.15) is 28.6 Å². The van der Waals surface area contributed by atoms with Crippen LogP contribution in [-0.4, -0.2) is 60.0 Å². The van der Waals surface area contributed by atoms with E-state index in [9.17, 15) is 17.6 Å². The second-order valence-corrected chi connectivity index (χ2v) is 22.0. The van der Waals surface area contributed by atoms with Crippen molar-refractivity contribution in [2.75, 3.05) is 31.8 Å². The molecule has 0 fully saturated rings. The summed E-state index contributed by atoms with van der Waals surface area (Å²) in [5.74, 6) is 0.771. The molecule has 2 heterocycles. The normalized spacial score (nSPS) is 13.5. The molecule has 274 valence electrons. The first kappa shape index (κ1) is 38.4. The molecule has 5 rings (SSSR count). The van der Waals surface area contributed by atoms with Gasteiger partial charge in [-0.15, -0.1) is 0 Å². The van der Waals surface area contributed by atoms with E-state index in [2.05, 4.69) is 41.5 Å². The van der Waals surface area contributed by atoms with E-state index in [0.29, 0.717) is 51.4 Å². The fraction of sp³-hybridized carbons (Fsp3) is 0.421. The quantitative estimate of drug-likeness (QED) is 0.126. The first-order chi connectivity index (χ1) is 23.9. The molecule has 0 saturated carbocycles. The van der Waals surface area contributed by atoms with Gasteiger partial charge in [0.2, 0.25) is 10.0 Å². The number of rotatable bonds is 13. The summed E-state index contributed by atoms with van der Waals surface area (Å²) in [5.41, 5.74) is 4.47. The molecule has 0 saturated heterocycles. The number of pyridine rings is 1. The van der Waals surface area contributed by atoms with Gasteiger partial charge in [-0.3, -0.25) is 14.1 Å². The largest absolute Gasteiger partial charge is 0.541 e. The van der Waals surface area contributed by atoms with Gasteiger partial charge in [-0.05, 0) is 64.5 Å². The molecule has 1 amide bonds. The van der Waals surface area contributed by atoms with Crippen molar-refractivity contribution in [1.82, 2.24) is 9.88 Å². The molecule has 51 heavy (non-hydrogen) atoms. The molecule has 0 atom stereocenters. The summed E-state index contributed by atoms with van der Waals surface area (Å²) >= 11 is 6.11. The van der Waals surface area contributed by atoms with E-state index in [1.54, 1.807) is 43.5 Å². The molecule has 1 aromatic heterocycles. The number of carbonyl (C=O) groups excluding carboxylic acids is 1. The van der Waals surface area contributed by atoms with Gasteiger partial charge in [-0.2, -0.15) is 0 Å². The van der Waals surface area contributed by atoms with E-state index in [1.165, 1.54) is 17.4 Å². The molecule has 1 aliphatic heterocycles. The van der Waals surface area contributed by atoms with E-state index in [-0.39, 0.29) is 40.6 Å². The molecule has 1 aliphatic rings. The van der Waals surface area contributed by atoms with E-state index >= 15 is 0 Å². The summed E-state index contributed by atoms with van der Waals surface area (Å²) in [6, 6.07) is 11.9. The molecule has 9 nitrogen and oxygen atoms in total. The molecular formula is C38H47ClFN3O6SSi. The van der Waals surface area contributed by atoms with Crippen LogP contribution in [0.15, 0.2) is 48.7 Å². The summed E-state index contributed by atoms with van der Waals surface area (Å²) in [6.45, 7) is 13.3. The minimum Gasteiger partial charge on any atom is -0.541 e. The Labute approximate surface area is 306 Å². The highest BCUT2D eigenvalue weighted by Gasteiger charge is 2.49. The Hall–Kier alpha value is -3.87. The second-order valence-electron chi connectivity index (χ2n) is 14.2. The van der Waals surface area contributed by atoms with Gasteiger partial charge < -0.3 is 18.8 Å². The number of ether oxygens (including phenoxy) is 2. The number of hydrogen-bond acceptors (Lipinski definition) is 7. The summed E-state index contributed by atoms with van der Waals surface area (Å²) in [7, 11) is -1.85. The predicted molar refractivity (Wildman–Crippen MR) is 204 cm³/mol. The van der Waals surface area contributed by atoms with Crippen LogP contribution in [0.2, 0.25) is 21.6 Å². The maximum absolute atomic E-state index is 14.7. The Bertz CT molecular complexity index is 2070. The third-order valence-corrected chi connectivity index (χ3v) is 17.6. The molecule has 0 unspecified atom stereocenters. The maximum Gasteiger partial charge on any atom is 0.258 e. The van der Waals surface area contributed by atoms with Crippen LogP contribution in [0.3, 0.4) is 0 Å². The molecule has 3 aromatic carbocycles. The lowest BCUT2D eigenvalue weighted by atomic mass is 9.98.